The van der Waals surface area contributed by atoms with Gasteiger partial charge in [0.25, 0.3) is 0 Å². The standard InChI is InChI=1S/C12H17N3O5S/c1-8-4-2-5-9(10(8)11(16)17)15-12(18)14-6-3-7-21(13,19)20/h2,4-5H,3,6-7H2,1H3,(H,16,17)(H2,13,19,20)(H2,14,15,18). The number of benzene rings is 1. The number of sulfonamides is 1. The number of anilines is 1. The largest absolute Gasteiger partial charge is 0.478 e. The lowest BCUT2D eigenvalue weighted by molar-refractivity contribution is 0.0697. The molecule has 0 aromatic heterocycles. The Bertz CT molecular complexity index is 642. The molecular formula is C12H17N3O5S. The van der Waals surface area contributed by atoms with Gasteiger partial charge in [-0.1, -0.05) is 12.1 Å². The Labute approximate surface area is 122 Å². The van der Waals surface area contributed by atoms with Crippen LogP contribution in [0.25, 0.3) is 0 Å². The first-order valence-electron chi connectivity index (χ1n) is 6.09. The summed E-state index contributed by atoms with van der Waals surface area (Å²) < 4.78 is 21.4. The molecule has 0 atom stereocenters. The number of primary sulfonamides is 1. The molecule has 0 saturated carbocycles. The Hall–Kier alpha value is -2.13. The van der Waals surface area contributed by atoms with Gasteiger partial charge >= 0.3 is 12.0 Å². The van der Waals surface area contributed by atoms with Crippen LogP contribution in [0.15, 0.2) is 18.2 Å². The second-order valence-corrected chi connectivity index (χ2v) is 6.14. The smallest absolute Gasteiger partial charge is 0.338 e. The third kappa shape index (κ3) is 5.79. The number of rotatable bonds is 6. The van der Waals surface area contributed by atoms with E-state index in [0.29, 0.717) is 5.56 Å². The van der Waals surface area contributed by atoms with Gasteiger partial charge in [-0.2, -0.15) is 0 Å². The van der Waals surface area contributed by atoms with Crippen LogP contribution in [0.1, 0.15) is 22.3 Å². The van der Waals surface area contributed by atoms with E-state index in [2.05, 4.69) is 10.6 Å². The summed E-state index contributed by atoms with van der Waals surface area (Å²) in [6.07, 6.45) is 0.172. The molecule has 21 heavy (non-hydrogen) atoms. The van der Waals surface area contributed by atoms with Crippen molar-refractivity contribution in [3.05, 3.63) is 29.3 Å². The van der Waals surface area contributed by atoms with E-state index in [0.717, 1.165) is 0 Å². The molecule has 0 aliphatic carbocycles. The molecule has 0 bridgehead atoms. The lowest BCUT2D eigenvalue weighted by Crippen LogP contribution is -2.31. The van der Waals surface area contributed by atoms with Crippen LogP contribution >= 0.6 is 0 Å². The summed E-state index contributed by atoms with van der Waals surface area (Å²) in [5.74, 6) is -1.38. The molecule has 8 nitrogen and oxygen atoms in total. The summed E-state index contributed by atoms with van der Waals surface area (Å²) in [7, 11) is -3.55. The molecule has 116 valence electrons. The Morgan fingerprint density at radius 1 is 1.33 bits per heavy atom. The fourth-order valence-corrected chi connectivity index (χ4v) is 2.24. The van der Waals surface area contributed by atoms with Crippen LogP contribution in [0.2, 0.25) is 0 Å². The van der Waals surface area contributed by atoms with Crippen LogP contribution in [-0.4, -0.2) is 37.8 Å². The number of hydrogen-bond acceptors (Lipinski definition) is 4. The molecule has 0 aliphatic heterocycles. The SMILES string of the molecule is Cc1cccc(NC(=O)NCCCS(N)(=O)=O)c1C(=O)O. The predicted octanol–water partition coefficient (Wildman–Crippen LogP) is 0.493. The number of nitrogens with two attached hydrogens (primary N) is 1. The number of nitrogens with one attached hydrogen (secondary N) is 2. The molecule has 0 heterocycles. The lowest BCUT2D eigenvalue weighted by Gasteiger charge is -2.11. The number of carboxylic acids is 1. The molecule has 0 fully saturated rings. The Morgan fingerprint density at radius 3 is 2.57 bits per heavy atom. The fourth-order valence-electron chi connectivity index (χ4n) is 1.70. The van der Waals surface area contributed by atoms with Crippen molar-refractivity contribution in [1.82, 2.24) is 5.32 Å². The minimum Gasteiger partial charge on any atom is -0.478 e. The molecule has 9 heteroatoms. The van der Waals surface area contributed by atoms with Gasteiger partial charge in [-0.3, -0.25) is 0 Å². The molecule has 1 aromatic carbocycles. The molecule has 0 radical (unpaired) electrons. The number of amides is 2. The van der Waals surface area contributed by atoms with E-state index in [1.165, 1.54) is 6.07 Å². The van der Waals surface area contributed by atoms with Gasteiger partial charge in [0.15, 0.2) is 0 Å². The van der Waals surface area contributed by atoms with Crippen molar-refractivity contribution in [3.63, 3.8) is 0 Å². The van der Waals surface area contributed by atoms with E-state index in [4.69, 9.17) is 10.2 Å². The minimum absolute atomic E-state index is 0.0113. The van der Waals surface area contributed by atoms with Gasteiger partial charge in [-0.25, -0.2) is 23.1 Å². The second-order valence-electron chi connectivity index (χ2n) is 4.40. The van der Waals surface area contributed by atoms with Crippen molar-refractivity contribution in [2.75, 3.05) is 17.6 Å². The predicted molar refractivity (Wildman–Crippen MR) is 77.8 cm³/mol. The molecule has 5 N–H and O–H groups in total. The molecule has 0 aliphatic rings. The van der Waals surface area contributed by atoms with Gasteiger partial charge in [0.1, 0.15) is 0 Å². The van der Waals surface area contributed by atoms with Gasteiger partial charge in [0.05, 0.1) is 17.0 Å². The van der Waals surface area contributed by atoms with E-state index in [9.17, 15) is 18.0 Å². The van der Waals surface area contributed by atoms with Gasteiger partial charge in [0, 0.05) is 6.54 Å². The van der Waals surface area contributed by atoms with E-state index < -0.39 is 22.0 Å². The van der Waals surface area contributed by atoms with E-state index in [-0.39, 0.29) is 30.0 Å². The minimum atomic E-state index is -3.55. The number of aryl methyl sites for hydroxylation is 1. The maximum atomic E-state index is 11.6. The van der Waals surface area contributed by atoms with Crippen LogP contribution in [0.5, 0.6) is 0 Å². The highest BCUT2D eigenvalue weighted by atomic mass is 32.2. The Balaban J connectivity index is 2.60. The highest BCUT2D eigenvalue weighted by molar-refractivity contribution is 7.89. The van der Waals surface area contributed by atoms with E-state index in [1.807, 2.05) is 0 Å². The highest BCUT2D eigenvalue weighted by Gasteiger charge is 2.14. The summed E-state index contributed by atoms with van der Waals surface area (Å²) in [4.78, 5) is 22.8. The molecule has 0 saturated heterocycles. The van der Waals surface area contributed by atoms with Crippen molar-refractivity contribution in [2.45, 2.75) is 13.3 Å². The van der Waals surface area contributed by atoms with Crippen molar-refractivity contribution in [2.24, 2.45) is 5.14 Å². The average molecular weight is 315 g/mol. The second kappa shape index (κ2) is 7.04. The van der Waals surface area contributed by atoms with Crippen LogP contribution in [0.3, 0.4) is 0 Å². The van der Waals surface area contributed by atoms with Crippen molar-refractivity contribution < 1.29 is 23.1 Å². The maximum Gasteiger partial charge on any atom is 0.338 e. The van der Waals surface area contributed by atoms with Crippen LogP contribution in [0.4, 0.5) is 10.5 Å². The first-order valence-corrected chi connectivity index (χ1v) is 7.80. The number of aromatic carboxylic acids is 1. The van der Waals surface area contributed by atoms with Crippen LogP contribution in [-0.2, 0) is 10.0 Å². The monoisotopic (exact) mass is 315 g/mol. The Morgan fingerprint density at radius 2 is 2.00 bits per heavy atom. The molecule has 2 amide bonds. The zero-order valence-electron chi connectivity index (χ0n) is 11.4. The molecular weight excluding hydrogens is 298 g/mol. The highest BCUT2D eigenvalue weighted by Crippen LogP contribution is 2.19. The van der Waals surface area contributed by atoms with E-state index in [1.54, 1.807) is 19.1 Å². The molecule has 1 rings (SSSR count). The van der Waals surface area contributed by atoms with Gasteiger partial charge in [-0.15, -0.1) is 0 Å². The number of carbonyl (C=O) groups is 2. The first kappa shape index (κ1) is 16.9. The molecule has 0 unspecified atom stereocenters. The number of urea groups is 1. The lowest BCUT2D eigenvalue weighted by atomic mass is 10.1. The van der Waals surface area contributed by atoms with Gasteiger partial charge in [-0.05, 0) is 25.0 Å². The number of carbonyl (C=O) groups excluding carboxylic acids is 1. The number of hydrogen-bond donors (Lipinski definition) is 4. The average Bonchev–Trinajstić information content (AvgIpc) is 2.33. The summed E-state index contributed by atoms with van der Waals surface area (Å²) in [6, 6.07) is 4.11. The first-order chi connectivity index (χ1) is 9.70. The maximum absolute atomic E-state index is 11.6. The van der Waals surface area contributed by atoms with Gasteiger partial charge < -0.3 is 15.7 Å². The topological polar surface area (TPSA) is 139 Å². The molecule has 0 spiro atoms. The zero-order valence-corrected chi connectivity index (χ0v) is 12.2. The van der Waals surface area contributed by atoms with Crippen molar-refractivity contribution in [1.29, 1.82) is 0 Å². The van der Waals surface area contributed by atoms with Crippen LogP contribution in [0, 0.1) is 6.92 Å². The van der Waals surface area contributed by atoms with Gasteiger partial charge in [0.2, 0.25) is 10.0 Å². The zero-order chi connectivity index (χ0) is 16.0. The normalized spacial score (nSPS) is 11.0. The summed E-state index contributed by atoms with van der Waals surface area (Å²) >= 11 is 0. The fraction of sp³-hybridized carbons (Fsp3) is 0.333. The summed E-state index contributed by atoms with van der Waals surface area (Å²) in [6.45, 7) is 1.73. The van der Waals surface area contributed by atoms with E-state index >= 15 is 0 Å². The summed E-state index contributed by atoms with van der Waals surface area (Å²) in [5.41, 5.74) is 0.707. The Kier molecular flexibility index (Phi) is 5.68. The summed E-state index contributed by atoms with van der Waals surface area (Å²) in [5, 5.41) is 18.8. The third-order valence-corrected chi connectivity index (χ3v) is 3.48. The van der Waals surface area contributed by atoms with Crippen molar-refractivity contribution in [3.8, 4) is 0 Å². The quantitative estimate of drug-likeness (QED) is 0.566. The molecule has 1 aromatic rings. The van der Waals surface area contributed by atoms with Crippen molar-refractivity contribution >= 4 is 27.7 Å². The van der Waals surface area contributed by atoms with Crippen LogP contribution < -0.4 is 15.8 Å². The number of carboxylic acid groups (broad SMARTS) is 1. The third-order valence-electron chi connectivity index (χ3n) is 2.63.